The molecule has 4 saturated carbocycles. The fourth-order valence-corrected chi connectivity index (χ4v) is 8.51. The van der Waals surface area contributed by atoms with Gasteiger partial charge in [0.05, 0.1) is 13.3 Å². The van der Waals surface area contributed by atoms with Gasteiger partial charge in [-0.1, -0.05) is 63.2 Å². The zero-order chi connectivity index (χ0) is 30.0. The van der Waals surface area contributed by atoms with Crippen molar-refractivity contribution in [3.05, 3.63) is 35.4 Å². The van der Waals surface area contributed by atoms with Gasteiger partial charge in [0.15, 0.2) is 0 Å². The van der Waals surface area contributed by atoms with Crippen LogP contribution in [0.2, 0.25) is 0 Å². The molecule has 1 aromatic carbocycles. The van der Waals surface area contributed by atoms with Crippen LogP contribution in [0.25, 0.3) is 0 Å². The summed E-state index contributed by atoms with van der Waals surface area (Å²) in [6.07, 6.45) is 20.0. The molecule has 0 radical (unpaired) electrons. The minimum absolute atomic E-state index is 0.276. The Labute approximate surface area is 257 Å². The van der Waals surface area contributed by atoms with Gasteiger partial charge in [0, 0.05) is 31.3 Å². The van der Waals surface area contributed by atoms with E-state index in [0.717, 1.165) is 65.9 Å². The molecule has 0 heterocycles. The maximum Gasteiger partial charge on any atom is 0.128 e. The number of benzene rings is 1. The van der Waals surface area contributed by atoms with E-state index in [-0.39, 0.29) is 11.7 Å². The standard InChI is InChI=1S/C38H54O2.CH3F/c1-28-5-14-32(15-6-28)34-22-25-38(40-4,26-23-34)24-21-31-11-9-30(10-12-31)13-18-36-27-35(19-20-37(36)39-3)33-16-7-29(2)8-17-33;1-2/h9-12,28-29,32-37H,5-8,14-17,19-20,22-23,25-27H2,1-4H3;1H3. The lowest BCUT2D eigenvalue weighted by Gasteiger charge is -2.40. The lowest BCUT2D eigenvalue weighted by Crippen LogP contribution is -2.37. The highest BCUT2D eigenvalue weighted by Crippen LogP contribution is 2.44. The Hall–Kier alpha value is -1.81. The van der Waals surface area contributed by atoms with Crippen LogP contribution in [-0.4, -0.2) is 33.1 Å². The lowest BCUT2D eigenvalue weighted by molar-refractivity contribution is -0.0124. The third kappa shape index (κ3) is 8.87. The van der Waals surface area contributed by atoms with Gasteiger partial charge in [-0.15, -0.1) is 0 Å². The quantitative estimate of drug-likeness (QED) is 0.332. The van der Waals surface area contributed by atoms with Gasteiger partial charge in [-0.3, -0.25) is 4.39 Å². The smallest absolute Gasteiger partial charge is 0.128 e. The number of alkyl halides is 1. The summed E-state index contributed by atoms with van der Waals surface area (Å²) < 4.78 is 21.4. The van der Waals surface area contributed by atoms with Crippen molar-refractivity contribution in [2.75, 3.05) is 21.4 Å². The second-order valence-corrected chi connectivity index (χ2v) is 14.1. The zero-order valence-corrected chi connectivity index (χ0v) is 27.2. The molecule has 1 aromatic rings. The molecule has 3 unspecified atom stereocenters. The van der Waals surface area contributed by atoms with Crippen LogP contribution in [0, 0.1) is 65.1 Å². The molecular formula is C39H57FO2. The van der Waals surface area contributed by atoms with Crippen LogP contribution in [0.4, 0.5) is 4.39 Å². The Morgan fingerprint density at radius 1 is 0.643 bits per heavy atom. The van der Waals surface area contributed by atoms with Gasteiger partial charge in [-0.2, -0.15) is 0 Å². The molecule has 0 saturated heterocycles. The predicted octanol–water partition coefficient (Wildman–Crippen LogP) is 9.63. The average Bonchev–Trinajstić information content (AvgIpc) is 3.05. The van der Waals surface area contributed by atoms with Crippen molar-refractivity contribution >= 4 is 0 Å². The second kappa shape index (κ2) is 16.3. The monoisotopic (exact) mass is 576 g/mol. The van der Waals surface area contributed by atoms with E-state index in [0.29, 0.717) is 13.1 Å². The van der Waals surface area contributed by atoms with Gasteiger partial charge >= 0.3 is 0 Å². The number of halogens is 1. The van der Waals surface area contributed by atoms with E-state index in [1.165, 1.54) is 77.0 Å². The average molecular weight is 577 g/mol. The first-order valence-corrected chi connectivity index (χ1v) is 17.1. The first kappa shape index (κ1) is 33.1. The van der Waals surface area contributed by atoms with Crippen LogP contribution >= 0.6 is 0 Å². The lowest BCUT2D eigenvalue weighted by atomic mass is 9.68. The van der Waals surface area contributed by atoms with Crippen LogP contribution in [-0.2, 0) is 9.47 Å². The first-order chi connectivity index (χ1) is 20.5. The summed E-state index contributed by atoms with van der Waals surface area (Å²) in [5, 5.41) is 0. The van der Waals surface area contributed by atoms with Crippen molar-refractivity contribution < 1.29 is 13.9 Å². The van der Waals surface area contributed by atoms with Gasteiger partial charge in [-0.25, -0.2) is 0 Å². The minimum atomic E-state index is -0.278. The maximum atomic E-state index is 9.50. The number of rotatable bonds is 4. The molecule has 3 heteroatoms. The van der Waals surface area contributed by atoms with Crippen molar-refractivity contribution in [1.82, 2.24) is 0 Å². The van der Waals surface area contributed by atoms with E-state index in [1.807, 2.05) is 14.2 Å². The molecule has 232 valence electrons. The molecule has 0 aliphatic heterocycles. The van der Waals surface area contributed by atoms with Crippen LogP contribution < -0.4 is 0 Å². The SMILES string of the molecule is CF.COC1CCC(C2CCC(C)CC2)CC1C#Cc1ccc(C#CC2(OC)CCC(C3CCC(C)CC3)CC2)cc1. The molecular weight excluding hydrogens is 519 g/mol. The molecule has 0 amide bonds. The zero-order valence-electron chi connectivity index (χ0n) is 27.2. The van der Waals surface area contributed by atoms with E-state index in [2.05, 4.69) is 61.8 Å². The highest BCUT2D eigenvalue weighted by molar-refractivity contribution is 5.43. The summed E-state index contributed by atoms with van der Waals surface area (Å²) in [5.41, 5.74) is 1.86. The van der Waals surface area contributed by atoms with E-state index >= 15 is 0 Å². The number of hydrogen-bond acceptors (Lipinski definition) is 2. The van der Waals surface area contributed by atoms with E-state index in [1.54, 1.807) is 0 Å². The molecule has 5 rings (SSSR count). The minimum Gasteiger partial charge on any atom is -0.380 e. The van der Waals surface area contributed by atoms with E-state index < -0.39 is 0 Å². The maximum absolute atomic E-state index is 9.50. The van der Waals surface area contributed by atoms with Gasteiger partial charge in [-0.05, 0) is 130 Å². The molecule has 0 bridgehead atoms. The summed E-state index contributed by atoms with van der Waals surface area (Å²) in [5.74, 6) is 19.9. The number of methoxy groups -OCH3 is 2. The summed E-state index contributed by atoms with van der Waals surface area (Å²) in [7, 11) is 4.22. The highest BCUT2D eigenvalue weighted by atomic mass is 19.1. The molecule has 0 spiro atoms. The Kier molecular flexibility index (Phi) is 12.9. The van der Waals surface area contributed by atoms with Gasteiger partial charge in [0.1, 0.15) is 5.60 Å². The van der Waals surface area contributed by atoms with E-state index in [4.69, 9.17) is 9.47 Å². The van der Waals surface area contributed by atoms with Crippen LogP contribution in [0.3, 0.4) is 0 Å². The number of hydrogen-bond donors (Lipinski definition) is 0. The third-order valence-electron chi connectivity index (χ3n) is 11.5. The van der Waals surface area contributed by atoms with Gasteiger partial charge in [0.25, 0.3) is 0 Å². The van der Waals surface area contributed by atoms with Crippen LogP contribution in [0.5, 0.6) is 0 Å². The third-order valence-corrected chi connectivity index (χ3v) is 11.5. The highest BCUT2D eigenvalue weighted by Gasteiger charge is 2.38. The first-order valence-electron chi connectivity index (χ1n) is 17.1. The Morgan fingerprint density at radius 3 is 1.64 bits per heavy atom. The molecule has 0 N–H and O–H groups in total. The van der Waals surface area contributed by atoms with Crippen molar-refractivity contribution in [2.24, 2.45) is 41.4 Å². The number of ether oxygens (including phenoxy) is 2. The Morgan fingerprint density at radius 2 is 1.12 bits per heavy atom. The largest absolute Gasteiger partial charge is 0.380 e. The van der Waals surface area contributed by atoms with Gasteiger partial charge in [0.2, 0.25) is 0 Å². The molecule has 42 heavy (non-hydrogen) atoms. The molecule has 0 aromatic heterocycles. The molecule has 3 atom stereocenters. The van der Waals surface area contributed by atoms with Crippen molar-refractivity contribution in [1.29, 1.82) is 0 Å². The van der Waals surface area contributed by atoms with Crippen molar-refractivity contribution in [2.45, 2.75) is 122 Å². The second-order valence-electron chi connectivity index (χ2n) is 14.1. The topological polar surface area (TPSA) is 18.5 Å². The normalized spacial score (nSPS) is 36.7. The molecule has 2 nitrogen and oxygen atoms in total. The Bertz CT molecular complexity index is 1050. The summed E-state index contributed by atoms with van der Waals surface area (Å²) in [4.78, 5) is 0. The van der Waals surface area contributed by atoms with E-state index in [9.17, 15) is 4.39 Å². The summed E-state index contributed by atoms with van der Waals surface area (Å²) in [6, 6.07) is 8.55. The Balaban J connectivity index is 0.00000198. The van der Waals surface area contributed by atoms with Crippen molar-refractivity contribution in [3.63, 3.8) is 0 Å². The fraction of sp³-hybridized carbons (Fsp3) is 0.744. The molecule has 4 aliphatic carbocycles. The van der Waals surface area contributed by atoms with Gasteiger partial charge < -0.3 is 9.47 Å². The predicted molar refractivity (Wildman–Crippen MR) is 173 cm³/mol. The fourth-order valence-electron chi connectivity index (χ4n) is 8.51. The summed E-state index contributed by atoms with van der Waals surface area (Å²) >= 11 is 0. The molecule has 4 fully saturated rings. The molecule has 4 aliphatic rings. The summed E-state index contributed by atoms with van der Waals surface area (Å²) in [6.45, 7) is 4.84. The van der Waals surface area contributed by atoms with Crippen LogP contribution in [0.1, 0.15) is 121 Å². The van der Waals surface area contributed by atoms with Crippen molar-refractivity contribution in [3.8, 4) is 23.7 Å². The van der Waals surface area contributed by atoms with Crippen LogP contribution in [0.15, 0.2) is 24.3 Å².